The first-order valence-corrected chi connectivity index (χ1v) is 7.30. The van der Waals surface area contributed by atoms with Crippen LogP contribution in [0, 0.1) is 0 Å². The van der Waals surface area contributed by atoms with Crippen LogP contribution >= 0.6 is 0 Å². The van der Waals surface area contributed by atoms with Gasteiger partial charge in [-0.3, -0.25) is 4.79 Å². The van der Waals surface area contributed by atoms with Crippen molar-refractivity contribution in [3.8, 4) is 0 Å². The Morgan fingerprint density at radius 1 is 0.625 bits per heavy atom. The summed E-state index contributed by atoms with van der Waals surface area (Å²) in [5.74, 6) is -43.1. The molecule has 2 nitrogen and oxygen atoms in total. The molecular weight excluding hydrogens is 502 g/mol. The molecule has 32 heavy (non-hydrogen) atoms. The van der Waals surface area contributed by atoms with E-state index in [1.807, 2.05) is 0 Å². The largest absolute Gasteiger partial charge is 0.460 e. The fourth-order valence-corrected chi connectivity index (χ4v) is 1.89. The van der Waals surface area contributed by atoms with Gasteiger partial charge in [0.1, 0.15) is 0 Å². The predicted molar refractivity (Wildman–Crippen MR) is 70.9 cm³/mol. The predicted octanol–water partition coefficient (Wildman–Crippen LogP) is 6.38. The van der Waals surface area contributed by atoms with E-state index in [9.17, 15) is 75.0 Å². The Balaban J connectivity index is 3.41. The standard InChI is InChI=1S/C14H5F16NO/c15-8(16,7(32)31-6-3-1-2-5(4-6)9(17,18)19)10(20,21)11(22,23)12(24,25)13(26,27)14(28,29)30/h1-4H,(H,31,32). The van der Waals surface area contributed by atoms with Crippen molar-refractivity contribution in [2.75, 3.05) is 5.32 Å². The van der Waals surface area contributed by atoms with Gasteiger partial charge in [-0.15, -0.1) is 0 Å². The zero-order chi connectivity index (χ0) is 25.8. The van der Waals surface area contributed by atoms with Gasteiger partial charge in [0.25, 0.3) is 0 Å². The summed E-state index contributed by atoms with van der Waals surface area (Å²) in [7, 11) is 0. The van der Waals surface area contributed by atoms with Crippen molar-refractivity contribution >= 4 is 11.6 Å². The monoisotopic (exact) mass is 507 g/mol. The lowest BCUT2D eigenvalue weighted by atomic mass is 9.93. The molecule has 0 heterocycles. The van der Waals surface area contributed by atoms with Gasteiger partial charge >= 0.3 is 47.9 Å². The first-order chi connectivity index (χ1) is 13.9. The molecule has 0 aromatic heterocycles. The Hall–Kier alpha value is -2.43. The van der Waals surface area contributed by atoms with Crippen LogP contribution in [0.25, 0.3) is 0 Å². The number of anilines is 1. The molecule has 0 aliphatic rings. The zero-order valence-electron chi connectivity index (χ0n) is 14.3. The Morgan fingerprint density at radius 3 is 1.47 bits per heavy atom. The Kier molecular flexibility index (Phi) is 6.53. The molecule has 0 saturated carbocycles. The second kappa shape index (κ2) is 7.57. The molecule has 18 heteroatoms. The average Bonchev–Trinajstić information content (AvgIpc) is 2.59. The number of halogens is 16. The Bertz CT molecular complexity index is 853. The van der Waals surface area contributed by atoms with E-state index in [1.165, 1.54) is 0 Å². The van der Waals surface area contributed by atoms with Crippen LogP contribution in [0.15, 0.2) is 24.3 Å². The van der Waals surface area contributed by atoms with E-state index in [-0.39, 0.29) is 12.1 Å². The van der Waals surface area contributed by atoms with Crippen molar-refractivity contribution in [3.63, 3.8) is 0 Å². The molecule has 184 valence electrons. The molecule has 0 spiro atoms. The average molecular weight is 507 g/mol. The van der Waals surface area contributed by atoms with Crippen LogP contribution in [0.3, 0.4) is 0 Å². The van der Waals surface area contributed by atoms with Crippen LogP contribution in [-0.4, -0.2) is 41.7 Å². The van der Waals surface area contributed by atoms with Crippen LogP contribution in [0.4, 0.5) is 75.9 Å². The quantitative estimate of drug-likeness (QED) is 0.445. The fourth-order valence-electron chi connectivity index (χ4n) is 1.89. The third-order valence-electron chi connectivity index (χ3n) is 3.67. The van der Waals surface area contributed by atoms with Gasteiger partial charge in [-0.05, 0) is 18.2 Å². The Labute approximate surface area is 165 Å². The molecule has 1 N–H and O–H groups in total. The van der Waals surface area contributed by atoms with E-state index in [4.69, 9.17) is 0 Å². The van der Waals surface area contributed by atoms with Gasteiger partial charge in [-0.2, -0.15) is 70.2 Å². The molecule has 1 amide bonds. The molecule has 0 aliphatic heterocycles. The molecule has 0 unspecified atom stereocenters. The molecule has 1 aromatic rings. The van der Waals surface area contributed by atoms with Crippen LogP contribution in [0.1, 0.15) is 5.56 Å². The smallest absolute Gasteiger partial charge is 0.321 e. The topological polar surface area (TPSA) is 29.1 Å². The summed E-state index contributed by atoms with van der Waals surface area (Å²) < 4.78 is 206. The van der Waals surface area contributed by atoms with Gasteiger partial charge in [-0.25, -0.2) is 0 Å². The zero-order valence-corrected chi connectivity index (χ0v) is 14.3. The second-order valence-electron chi connectivity index (χ2n) is 5.90. The van der Waals surface area contributed by atoms with Crippen LogP contribution < -0.4 is 5.32 Å². The summed E-state index contributed by atoms with van der Waals surface area (Å²) in [6.07, 6.45) is -12.8. The van der Waals surface area contributed by atoms with Gasteiger partial charge in [0.2, 0.25) is 0 Å². The number of amides is 1. The van der Waals surface area contributed by atoms with Crippen LogP contribution in [0.5, 0.6) is 0 Å². The number of hydrogen-bond donors (Lipinski definition) is 1. The number of alkyl halides is 16. The third kappa shape index (κ3) is 4.14. The fraction of sp³-hybridized carbons (Fsp3) is 0.500. The second-order valence-corrected chi connectivity index (χ2v) is 5.90. The highest BCUT2D eigenvalue weighted by Crippen LogP contribution is 2.60. The summed E-state index contributed by atoms with van der Waals surface area (Å²) in [5.41, 5.74) is -3.12. The SMILES string of the molecule is O=C(Nc1cccc(C(F)(F)F)c1)C(F)(F)C(F)(F)C(F)(F)C(F)(F)C(F)(F)C(F)(F)F. The van der Waals surface area contributed by atoms with Gasteiger partial charge < -0.3 is 5.32 Å². The maximum absolute atomic E-state index is 13.6. The van der Waals surface area contributed by atoms with Crippen molar-refractivity contribution in [1.82, 2.24) is 0 Å². The summed E-state index contributed by atoms with van der Waals surface area (Å²) >= 11 is 0. The number of hydrogen-bond acceptors (Lipinski definition) is 1. The van der Waals surface area contributed by atoms with Crippen LogP contribution in [-0.2, 0) is 11.0 Å². The van der Waals surface area contributed by atoms with E-state index >= 15 is 0 Å². The van der Waals surface area contributed by atoms with E-state index in [2.05, 4.69) is 0 Å². The lowest BCUT2D eigenvalue weighted by Gasteiger charge is -2.39. The van der Waals surface area contributed by atoms with Gasteiger partial charge in [0, 0.05) is 5.69 Å². The third-order valence-corrected chi connectivity index (χ3v) is 3.67. The summed E-state index contributed by atoms with van der Waals surface area (Å²) in [6, 6.07) is 0.764. The minimum Gasteiger partial charge on any atom is -0.321 e. The first-order valence-electron chi connectivity index (χ1n) is 7.30. The molecule has 0 saturated heterocycles. The highest BCUT2D eigenvalue weighted by atomic mass is 19.4. The van der Waals surface area contributed by atoms with E-state index < -0.39 is 59.1 Å². The van der Waals surface area contributed by atoms with Crippen molar-refractivity contribution in [1.29, 1.82) is 0 Å². The molecule has 0 radical (unpaired) electrons. The summed E-state index contributed by atoms with van der Waals surface area (Å²) in [4.78, 5) is 11.3. The van der Waals surface area contributed by atoms with E-state index in [0.29, 0.717) is 17.4 Å². The maximum Gasteiger partial charge on any atom is 0.460 e. The molecule has 1 rings (SSSR count). The molecule has 0 fully saturated rings. The maximum atomic E-state index is 13.6. The molecule has 0 bridgehead atoms. The molecule has 0 aliphatic carbocycles. The number of rotatable bonds is 6. The van der Waals surface area contributed by atoms with Gasteiger partial charge in [-0.1, -0.05) is 6.07 Å². The summed E-state index contributed by atoms with van der Waals surface area (Å²) in [5, 5.41) is 0.536. The van der Waals surface area contributed by atoms with Gasteiger partial charge in [0.05, 0.1) is 5.56 Å². The van der Waals surface area contributed by atoms with Crippen LogP contribution in [0.2, 0.25) is 0 Å². The lowest BCUT2D eigenvalue weighted by Crippen LogP contribution is -2.71. The van der Waals surface area contributed by atoms with E-state index in [0.717, 1.165) is 0 Å². The number of nitrogens with one attached hydrogen (secondary N) is 1. The molecule has 0 atom stereocenters. The van der Waals surface area contributed by atoms with Crippen molar-refractivity contribution in [2.45, 2.75) is 42.0 Å². The first kappa shape index (κ1) is 27.6. The normalized spacial score (nSPS) is 15.0. The minimum absolute atomic E-state index is 0.198. The number of benzene rings is 1. The van der Waals surface area contributed by atoms with Crippen molar-refractivity contribution in [3.05, 3.63) is 29.8 Å². The summed E-state index contributed by atoms with van der Waals surface area (Å²) in [6.45, 7) is 0. The highest BCUT2D eigenvalue weighted by molar-refractivity contribution is 5.97. The van der Waals surface area contributed by atoms with E-state index in [1.54, 1.807) is 0 Å². The lowest BCUT2D eigenvalue weighted by molar-refractivity contribution is -0.435. The molecule has 1 aromatic carbocycles. The number of carbonyl (C=O) groups is 1. The Morgan fingerprint density at radius 2 is 1.06 bits per heavy atom. The van der Waals surface area contributed by atoms with Crippen molar-refractivity contribution in [2.24, 2.45) is 0 Å². The highest BCUT2D eigenvalue weighted by Gasteiger charge is 2.91. The number of carbonyl (C=O) groups excluding carboxylic acids is 1. The van der Waals surface area contributed by atoms with Gasteiger partial charge in [0.15, 0.2) is 0 Å². The minimum atomic E-state index is -8.21. The molecular formula is C14H5F16NO. The van der Waals surface area contributed by atoms with Crippen molar-refractivity contribution < 1.29 is 75.0 Å².